The molecule has 5 nitrogen and oxygen atoms in total. The maximum absolute atomic E-state index is 6.20. The Hall–Kier alpha value is -0.280. The van der Waals surface area contributed by atoms with Crippen molar-refractivity contribution in [1.29, 1.82) is 0 Å². The first-order valence-corrected chi connectivity index (χ1v) is 8.76. The van der Waals surface area contributed by atoms with Crippen LogP contribution in [0.2, 0.25) is 10.0 Å². The minimum absolute atomic E-state index is 0. The number of fused-ring (bicyclic) bond motifs is 3. The SMILES string of the molecule is CN=C(NCc1ccc(Cl)cc1Cl)NCC1CN2CCN1CC2.I. The molecule has 134 valence electrons. The average Bonchev–Trinajstić information content (AvgIpc) is 2.57. The molecule has 1 aromatic carbocycles. The first kappa shape index (κ1) is 20.0. The molecule has 2 bridgehead atoms. The Balaban J connectivity index is 0.00000208. The molecule has 24 heavy (non-hydrogen) atoms. The predicted molar refractivity (Wildman–Crippen MR) is 112 cm³/mol. The van der Waals surface area contributed by atoms with E-state index in [9.17, 15) is 0 Å². The van der Waals surface area contributed by atoms with E-state index in [1.165, 1.54) is 26.2 Å². The van der Waals surface area contributed by atoms with E-state index in [0.717, 1.165) is 24.6 Å². The van der Waals surface area contributed by atoms with Crippen LogP contribution < -0.4 is 10.6 Å². The molecule has 3 fully saturated rings. The number of rotatable bonds is 4. The fourth-order valence-corrected chi connectivity index (χ4v) is 3.67. The molecule has 4 rings (SSSR count). The molecule has 0 aromatic heterocycles. The van der Waals surface area contributed by atoms with Crippen LogP contribution >= 0.6 is 47.2 Å². The normalized spacial score (nSPS) is 26.0. The molecule has 3 heterocycles. The number of aliphatic imine (C=N–C) groups is 1. The molecular formula is C16H24Cl2IN5. The Morgan fingerprint density at radius 3 is 2.54 bits per heavy atom. The number of guanidine groups is 1. The molecule has 0 amide bonds. The summed E-state index contributed by atoms with van der Waals surface area (Å²) in [5.41, 5.74) is 1.01. The average molecular weight is 484 g/mol. The summed E-state index contributed by atoms with van der Waals surface area (Å²) < 4.78 is 0. The van der Waals surface area contributed by atoms with E-state index in [2.05, 4.69) is 25.4 Å². The van der Waals surface area contributed by atoms with Crippen LogP contribution in [0.5, 0.6) is 0 Å². The van der Waals surface area contributed by atoms with Crippen molar-refractivity contribution >= 4 is 53.1 Å². The van der Waals surface area contributed by atoms with Gasteiger partial charge in [-0.25, -0.2) is 0 Å². The van der Waals surface area contributed by atoms with Crippen LogP contribution in [0.15, 0.2) is 23.2 Å². The van der Waals surface area contributed by atoms with Crippen molar-refractivity contribution in [1.82, 2.24) is 20.4 Å². The lowest BCUT2D eigenvalue weighted by Crippen LogP contribution is -2.63. The highest BCUT2D eigenvalue weighted by Gasteiger charge is 2.31. The van der Waals surface area contributed by atoms with Gasteiger partial charge in [-0.05, 0) is 17.7 Å². The van der Waals surface area contributed by atoms with Crippen molar-refractivity contribution in [3.8, 4) is 0 Å². The van der Waals surface area contributed by atoms with Gasteiger partial charge in [0.25, 0.3) is 0 Å². The number of hydrogen-bond acceptors (Lipinski definition) is 3. The largest absolute Gasteiger partial charge is 0.355 e. The zero-order chi connectivity index (χ0) is 16.2. The van der Waals surface area contributed by atoms with Gasteiger partial charge < -0.3 is 10.6 Å². The number of hydrogen-bond donors (Lipinski definition) is 2. The second-order valence-electron chi connectivity index (χ2n) is 6.03. The minimum Gasteiger partial charge on any atom is -0.355 e. The zero-order valence-electron chi connectivity index (χ0n) is 13.8. The van der Waals surface area contributed by atoms with Gasteiger partial charge in [0.2, 0.25) is 0 Å². The Morgan fingerprint density at radius 2 is 1.96 bits per heavy atom. The van der Waals surface area contributed by atoms with E-state index in [4.69, 9.17) is 23.2 Å². The van der Waals surface area contributed by atoms with E-state index < -0.39 is 0 Å². The van der Waals surface area contributed by atoms with Crippen LogP contribution in [0.25, 0.3) is 0 Å². The molecule has 0 saturated carbocycles. The summed E-state index contributed by atoms with van der Waals surface area (Å²) in [4.78, 5) is 9.39. The van der Waals surface area contributed by atoms with Gasteiger partial charge in [0, 0.05) is 68.9 Å². The van der Waals surface area contributed by atoms with Gasteiger partial charge in [0.1, 0.15) is 0 Å². The second-order valence-corrected chi connectivity index (χ2v) is 6.88. The molecule has 1 unspecified atom stereocenters. The predicted octanol–water partition coefficient (Wildman–Crippen LogP) is 2.28. The molecule has 3 saturated heterocycles. The number of piperazine rings is 3. The number of halogens is 3. The van der Waals surface area contributed by atoms with Crippen molar-refractivity contribution in [2.45, 2.75) is 12.6 Å². The van der Waals surface area contributed by atoms with Gasteiger partial charge in [0.05, 0.1) is 0 Å². The van der Waals surface area contributed by atoms with E-state index >= 15 is 0 Å². The minimum atomic E-state index is 0. The van der Waals surface area contributed by atoms with Gasteiger partial charge in [-0.1, -0.05) is 29.3 Å². The van der Waals surface area contributed by atoms with Crippen LogP contribution in [0.3, 0.4) is 0 Å². The fraction of sp³-hybridized carbons (Fsp3) is 0.562. The zero-order valence-corrected chi connectivity index (χ0v) is 17.6. The molecule has 1 aromatic rings. The van der Waals surface area contributed by atoms with Gasteiger partial charge in [-0.3, -0.25) is 14.8 Å². The van der Waals surface area contributed by atoms with Crippen molar-refractivity contribution in [3.63, 3.8) is 0 Å². The molecule has 0 spiro atoms. The van der Waals surface area contributed by atoms with Gasteiger partial charge in [-0.2, -0.15) is 0 Å². The van der Waals surface area contributed by atoms with Gasteiger partial charge in [-0.15, -0.1) is 24.0 Å². The van der Waals surface area contributed by atoms with E-state index in [1.807, 2.05) is 12.1 Å². The van der Waals surface area contributed by atoms with Crippen LogP contribution in [0.4, 0.5) is 0 Å². The molecule has 1 atom stereocenters. The molecule has 2 N–H and O–H groups in total. The lowest BCUT2D eigenvalue weighted by molar-refractivity contribution is 0.0154. The second kappa shape index (κ2) is 9.43. The summed E-state index contributed by atoms with van der Waals surface area (Å²) >= 11 is 12.1. The van der Waals surface area contributed by atoms with Crippen LogP contribution in [-0.4, -0.2) is 68.1 Å². The van der Waals surface area contributed by atoms with E-state index in [-0.39, 0.29) is 24.0 Å². The Kier molecular flexibility index (Phi) is 7.87. The number of nitrogens with zero attached hydrogens (tertiary/aromatic N) is 3. The summed E-state index contributed by atoms with van der Waals surface area (Å²) in [5, 5.41) is 8.06. The lowest BCUT2D eigenvalue weighted by Gasteiger charge is -2.47. The molecule has 8 heteroatoms. The maximum Gasteiger partial charge on any atom is 0.191 e. The van der Waals surface area contributed by atoms with Crippen molar-refractivity contribution in [2.75, 3.05) is 46.3 Å². The maximum atomic E-state index is 6.20. The number of benzene rings is 1. The summed E-state index contributed by atoms with van der Waals surface area (Å²) in [6, 6.07) is 6.11. The molecule has 0 aliphatic carbocycles. The van der Waals surface area contributed by atoms with Crippen LogP contribution in [0.1, 0.15) is 5.56 Å². The third kappa shape index (κ3) is 5.11. The Bertz CT molecular complexity index is 576. The standard InChI is InChI=1S/C16H23Cl2N5.HI/c1-19-16(20-9-12-2-3-13(17)8-15(12)18)21-10-14-11-22-4-6-23(14)7-5-22;/h2-3,8,14H,4-7,9-11H2,1H3,(H2,19,20,21);1H. The Morgan fingerprint density at radius 1 is 1.21 bits per heavy atom. The first-order valence-electron chi connectivity index (χ1n) is 8.00. The third-order valence-corrected chi connectivity index (χ3v) is 5.17. The third-order valence-electron chi connectivity index (χ3n) is 4.58. The van der Waals surface area contributed by atoms with Crippen molar-refractivity contribution in [2.24, 2.45) is 4.99 Å². The van der Waals surface area contributed by atoms with Crippen molar-refractivity contribution in [3.05, 3.63) is 33.8 Å². The highest BCUT2D eigenvalue weighted by molar-refractivity contribution is 14.0. The molecule has 3 aliphatic rings. The topological polar surface area (TPSA) is 42.9 Å². The monoisotopic (exact) mass is 483 g/mol. The smallest absolute Gasteiger partial charge is 0.191 e. The summed E-state index contributed by atoms with van der Waals surface area (Å²) in [7, 11) is 1.79. The van der Waals surface area contributed by atoms with E-state index in [1.54, 1.807) is 13.1 Å². The van der Waals surface area contributed by atoms with E-state index in [0.29, 0.717) is 22.6 Å². The highest BCUT2D eigenvalue weighted by atomic mass is 127. The summed E-state index contributed by atoms with van der Waals surface area (Å²) in [5.74, 6) is 0.800. The van der Waals surface area contributed by atoms with Gasteiger partial charge >= 0.3 is 0 Å². The van der Waals surface area contributed by atoms with Crippen molar-refractivity contribution < 1.29 is 0 Å². The highest BCUT2D eigenvalue weighted by Crippen LogP contribution is 2.20. The van der Waals surface area contributed by atoms with Crippen LogP contribution in [-0.2, 0) is 6.54 Å². The summed E-state index contributed by atoms with van der Waals surface area (Å²) in [6.07, 6.45) is 0. The fourth-order valence-electron chi connectivity index (χ4n) is 3.20. The first-order chi connectivity index (χ1) is 11.2. The summed E-state index contributed by atoms with van der Waals surface area (Å²) in [6.45, 7) is 7.45. The molecule has 3 aliphatic heterocycles. The van der Waals surface area contributed by atoms with Gasteiger partial charge in [0.15, 0.2) is 5.96 Å². The quantitative estimate of drug-likeness (QED) is 0.391. The number of nitrogens with one attached hydrogen (secondary N) is 2. The molecular weight excluding hydrogens is 460 g/mol. The Labute approximate surface area is 170 Å². The molecule has 0 radical (unpaired) electrons. The lowest BCUT2D eigenvalue weighted by atomic mass is 10.1. The van der Waals surface area contributed by atoms with Crippen LogP contribution in [0, 0.1) is 0 Å².